The van der Waals surface area contributed by atoms with Crippen LogP contribution in [0.25, 0.3) is 0 Å². The third-order valence-corrected chi connectivity index (χ3v) is 3.64. The molecule has 0 unspecified atom stereocenters. The minimum atomic E-state index is 0.723. The Morgan fingerprint density at radius 1 is 1.47 bits per heavy atom. The first-order valence-electron chi connectivity index (χ1n) is 6.53. The van der Waals surface area contributed by atoms with Crippen molar-refractivity contribution in [1.82, 2.24) is 14.5 Å². The first kappa shape index (κ1) is 14.0. The van der Waals surface area contributed by atoms with Gasteiger partial charge in [-0.25, -0.2) is 9.97 Å². The van der Waals surface area contributed by atoms with Gasteiger partial charge in [-0.05, 0) is 20.3 Å². The monoisotopic (exact) mass is 280 g/mol. The average molecular weight is 280 g/mol. The van der Waals surface area contributed by atoms with Gasteiger partial charge in [0.1, 0.15) is 5.01 Å². The highest BCUT2D eigenvalue weighted by molar-refractivity contribution is 7.09. The fourth-order valence-corrected chi connectivity index (χ4v) is 2.49. The summed E-state index contributed by atoms with van der Waals surface area (Å²) in [6.07, 6.45) is 4.80. The Morgan fingerprint density at radius 2 is 2.37 bits per heavy atom. The van der Waals surface area contributed by atoms with Crippen LogP contribution >= 0.6 is 11.3 Å². The van der Waals surface area contributed by atoms with Crippen LogP contribution in [0.1, 0.15) is 24.0 Å². The van der Waals surface area contributed by atoms with E-state index in [4.69, 9.17) is 4.74 Å². The summed E-state index contributed by atoms with van der Waals surface area (Å²) in [4.78, 5) is 8.75. The number of hydrogen-bond acceptors (Lipinski definition) is 5. The number of thiazole rings is 1. The van der Waals surface area contributed by atoms with Crippen LogP contribution in [0.4, 0.5) is 5.95 Å². The zero-order valence-corrected chi connectivity index (χ0v) is 12.2. The smallest absolute Gasteiger partial charge is 0.203 e. The van der Waals surface area contributed by atoms with Gasteiger partial charge in [0.25, 0.3) is 0 Å². The third kappa shape index (κ3) is 4.33. The highest BCUT2D eigenvalue weighted by atomic mass is 32.1. The van der Waals surface area contributed by atoms with Crippen molar-refractivity contribution in [3.8, 4) is 0 Å². The van der Waals surface area contributed by atoms with Crippen molar-refractivity contribution in [3.63, 3.8) is 0 Å². The lowest BCUT2D eigenvalue weighted by atomic mass is 10.4. The molecule has 0 saturated heterocycles. The normalized spacial score (nSPS) is 10.8. The zero-order valence-electron chi connectivity index (χ0n) is 11.4. The van der Waals surface area contributed by atoms with Crippen LogP contribution in [0.15, 0.2) is 17.8 Å². The molecular weight excluding hydrogens is 260 g/mol. The van der Waals surface area contributed by atoms with Crippen molar-refractivity contribution in [2.24, 2.45) is 0 Å². The predicted molar refractivity (Wildman–Crippen MR) is 77.5 cm³/mol. The molecule has 2 aromatic heterocycles. The average Bonchev–Trinajstić information content (AvgIpc) is 3.01. The molecule has 2 heterocycles. The van der Waals surface area contributed by atoms with Crippen LogP contribution in [0.5, 0.6) is 0 Å². The summed E-state index contributed by atoms with van der Waals surface area (Å²) >= 11 is 1.67. The lowest BCUT2D eigenvalue weighted by Crippen LogP contribution is -2.08. The fraction of sp³-hybridized carbons (Fsp3) is 0.538. The van der Waals surface area contributed by atoms with Gasteiger partial charge >= 0.3 is 0 Å². The van der Waals surface area contributed by atoms with Gasteiger partial charge in [-0.1, -0.05) is 0 Å². The van der Waals surface area contributed by atoms with Crippen LogP contribution in [0, 0.1) is 6.92 Å². The lowest BCUT2D eigenvalue weighted by Gasteiger charge is -2.08. The van der Waals surface area contributed by atoms with E-state index in [2.05, 4.69) is 25.2 Å². The second-order valence-corrected chi connectivity index (χ2v) is 5.17. The number of hydrogen-bond donors (Lipinski definition) is 1. The first-order valence-corrected chi connectivity index (χ1v) is 7.41. The fourth-order valence-electron chi connectivity index (χ4n) is 1.78. The van der Waals surface area contributed by atoms with E-state index in [0.29, 0.717) is 0 Å². The Morgan fingerprint density at radius 3 is 3.11 bits per heavy atom. The standard InChI is InChI=1S/C13H20N4OS/c1-3-18-8-4-6-17-7-5-14-13(17)15-9-12-16-11(2)10-19-12/h5,7,10H,3-4,6,8-9H2,1-2H3,(H,14,15). The van der Waals surface area contributed by atoms with Crippen molar-refractivity contribution >= 4 is 17.3 Å². The molecule has 0 aromatic carbocycles. The SMILES string of the molecule is CCOCCCn1ccnc1NCc1nc(C)cs1. The van der Waals surface area contributed by atoms with Crippen molar-refractivity contribution in [2.45, 2.75) is 33.4 Å². The van der Waals surface area contributed by atoms with Crippen molar-refractivity contribution in [2.75, 3.05) is 18.5 Å². The Kier molecular flexibility index (Phi) is 5.35. The minimum Gasteiger partial charge on any atom is -0.382 e. The summed E-state index contributed by atoms with van der Waals surface area (Å²) in [5, 5.41) is 6.47. The molecule has 0 aliphatic rings. The number of aromatic nitrogens is 3. The molecule has 0 atom stereocenters. The molecule has 0 spiro atoms. The van der Waals surface area contributed by atoms with Crippen LogP contribution in [-0.2, 0) is 17.8 Å². The summed E-state index contributed by atoms with van der Waals surface area (Å²) in [5.74, 6) is 0.893. The maximum atomic E-state index is 5.34. The molecule has 0 aliphatic heterocycles. The topological polar surface area (TPSA) is 52.0 Å². The van der Waals surface area contributed by atoms with Gasteiger partial charge in [0.05, 0.1) is 6.54 Å². The molecular formula is C13H20N4OS. The maximum absolute atomic E-state index is 5.34. The van der Waals surface area contributed by atoms with Gasteiger partial charge in [0.2, 0.25) is 5.95 Å². The summed E-state index contributed by atoms with van der Waals surface area (Å²) in [7, 11) is 0. The number of anilines is 1. The highest BCUT2D eigenvalue weighted by Gasteiger charge is 2.04. The molecule has 0 amide bonds. The Labute approximate surface area is 117 Å². The van der Waals surface area contributed by atoms with Crippen molar-refractivity contribution < 1.29 is 4.74 Å². The van der Waals surface area contributed by atoms with Gasteiger partial charge in [-0.3, -0.25) is 0 Å². The number of aryl methyl sites for hydroxylation is 2. The molecule has 2 aromatic rings. The molecule has 0 aliphatic carbocycles. The van der Waals surface area contributed by atoms with Gasteiger partial charge in [0, 0.05) is 43.2 Å². The van der Waals surface area contributed by atoms with E-state index >= 15 is 0 Å². The van der Waals surface area contributed by atoms with E-state index in [1.807, 2.05) is 26.2 Å². The van der Waals surface area contributed by atoms with Crippen LogP contribution in [0.3, 0.4) is 0 Å². The second-order valence-electron chi connectivity index (χ2n) is 4.23. The number of rotatable bonds is 8. The summed E-state index contributed by atoms with van der Waals surface area (Å²) in [5.41, 5.74) is 1.07. The minimum absolute atomic E-state index is 0.723. The maximum Gasteiger partial charge on any atom is 0.203 e. The van der Waals surface area contributed by atoms with Crippen molar-refractivity contribution in [1.29, 1.82) is 0 Å². The number of nitrogens with one attached hydrogen (secondary N) is 1. The summed E-state index contributed by atoms with van der Waals surface area (Å²) < 4.78 is 7.45. The Balaban J connectivity index is 1.81. The predicted octanol–water partition coefficient (Wildman–Crippen LogP) is 2.69. The molecule has 0 saturated carbocycles. The largest absolute Gasteiger partial charge is 0.382 e. The van der Waals surface area contributed by atoms with Crippen LogP contribution in [0.2, 0.25) is 0 Å². The summed E-state index contributed by atoms with van der Waals surface area (Å²) in [6.45, 7) is 7.23. The van der Waals surface area contributed by atoms with E-state index in [-0.39, 0.29) is 0 Å². The molecule has 5 nitrogen and oxygen atoms in total. The number of nitrogens with zero attached hydrogens (tertiary/aromatic N) is 3. The Hall–Kier alpha value is -1.40. The molecule has 104 valence electrons. The second kappa shape index (κ2) is 7.25. The Bertz CT molecular complexity index is 494. The third-order valence-electron chi connectivity index (χ3n) is 2.67. The van der Waals surface area contributed by atoms with E-state index in [1.165, 1.54) is 0 Å². The molecule has 19 heavy (non-hydrogen) atoms. The molecule has 0 fully saturated rings. The quantitative estimate of drug-likeness (QED) is 0.755. The van der Waals surface area contributed by atoms with Gasteiger partial charge in [-0.2, -0.15) is 0 Å². The van der Waals surface area contributed by atoms with Gasteiger partial charge < -0.3 is 14.6 Å². The van der Waals surface area contributed by atoms with Gasteiger partial charge in [0.15, 0.2) is 0 Å². The van der Waals surface area contributed by atoms with E-state index in [0.717, 1.165) is 49.4 Å². The molecule has 0 bridgehead atoms. The van der Waals surface area contributed by atoms with E-state index in [1.54, 1.807) is 11.3 Å². The van der Waals surface area contributed by atoms with Gasteiger partial charge in [-0.15, -0.1) is 11.3 Å². The molecule has 2 rings (SSSR count). The zero-order chi connectivity index (χ0) is 13.5. The number of imidazole rings is 1. The lowest BCUT2D eigenvalue weighted by molar-refractivity contribution is 0.142. The van der Waals surface area contributed by atoms with Crippen LogP contribution in [-0.4, -0.2) is 27.7 Å². The first-order chi connectivity index (χ1) is 9.29. The van der Waals surface area contributed by atoms with E-state index < -0.39 is 0 Å². The molecule has 1 N–H and O–H groups in total. The summed E-state index contributed by atoms with van der Waals surface area (Å²) in [6, 6.07) is 0. The van der Waals surface area contributed by atoms with Crippen molar-refractivity contribution in [3.05, 3.63) is 28.5 Å². The number of ether oxygens (including phenoxy) is 1. The van der Waals surface area contributed by atoms with E-state index in [9.17, 15) is 0 Å². The molecule has 0 radical (unpaired) electrons. The highest BCUT2D eigenvalue weighted by Crippen LogP contribution is 2.12. The molecule has 6 heteroatoms. The van der Waals surface area contributed by atoms with Crippen LogP contribution < -0.4 is 5.32 Å².